The third-order valence-corrected chi connectivity index (χ3v) is 5.70. The van der Waals surface area contributed by atoms with Crippen LogP contribution in [0.1, 0.15) is 44.1 Å². The predicted molar refractivity (Wildman–Crippen MR) is 118 cm³/mol. The van der Waals surface area contributed by atoms with Crippen LogP contribution >= 0.6 is 12.2 Å². The molecule has 0 bridgehead atoms. The summed E-state index contributed by atoms with van der Waals surface area (Å²) in [5.41, 5.74) is 5.13. The Hall–Kier alpha value is -2.80. The third-order valence-electron chi connectivity index (χ3n) is 5.50. The lowest BCUT2D eigenvalue weighted by Gasteiger charge is -2.41. The van der Waals surface area contributed by atoms with E-state index in [4.69, 9.17) is 21.7 Å². The molecule has 1 spiro atoms. The molecule has 6 nitrogen and oxygen atoms in total. The number of aromatic hydroxyl groups is 1. The number of hydrogen-bond donors (Lipinski definition) is 3. The Labute approximate surface area is 175 Å². The Morgan fingerprint density at radius 1 is 1.17 bits per heavy atom. The van der Waals surface area contributed by atoms with Gasteiger partial charge in [-0.3, -0.25) is 5.43 Å². The van der Waals surface area contributed by atoms with Crippen molar-refractivity contribution in [2.75, 3.05) is 12.4 Å². The number of phenolic OH excluding ortho intramolecular Hbond substituents is 1. The van der Waals surface area contributed by atoms with E-state index in [1.54, 1.807) is 19.2 Å². The van der Waals surface area contributed by atoms with Gasteiger partial charge in [0.25, 0.3) is 0 Å². The molecule has 2 aliphatic rings. The van der Waals surface area contributed by atoms with E-state index in [2.05, 4.69) is 15.8 Å². The molecule has 0 aromatic heterocycles. The van der Waals surface area contributed by atoms with Crippen molar-refractivity contribution in [3.8, 4) is 17.2 Å². The van der Waals surface area contributed by atoms with Crippen molar-refractivity contribution >= 4 is 28.7 Å². The third kappa shape index (κ3) is 4.29. The zero-order valence-corrected chi connectivity index (χ0v) is 17.2. The number of fused-ring (bicyclic) bond motifs is 1. The standard InChI is InChI=1S/C22H25N3O3S/c1-27-20-8-4-3-7-17(20)23-21(29)25-24-18-14-22(11-5-2-6-12-22)28-19-10-9-15(26)13-16(18)19/h3-4,7-10,13,26H,2,5-6,11-12,14H2,1H3,(H2,23,25,29)/b24-18-. The Morgan fingerprint density at radius 2 is 1.97 bits per heavy atom. The first kappa shape index (κ1) is 19.5. The van der Waals surface area contributed by atoms with Crippen LogP contribution in [-0.2, 0) is 0 Å². The molecule has 4 rings (SSSR count). The monoisotopic (exact) mass is 411 g/mol. The first-order valence-electron chi connectivity index (χ1n) is 9.88. The number of benzene rings is 2. The number of ether oxygens (including phenoxy) is 2. The molecule has 0 radical (unpaired) electrons. The molecular weight excluding hydrogens is 386 g/mol. The maximum atomic E-state index is 9.95. The largest absolute Gasteiger partial charge is 0.508 e. The van der Waals surface area contributed by atoms with Crippen LogP contribution in [0, 0.1) is 0 Å². The summed E-state index contributed by atoms with van der Waals surface area (Å²) in [6, 6.07) is 12.7. The van der Waals surface area contributed by atoms with Gasteiger partial charge in [0.2, 0.25) is 0 Å². The fourth-order valence-corrected chi connectivity index (χ4v) is 4.25. The molecule has 152 valence electrons. The van der Waals surface area contributed by atoms with Crippen molar-refractivity contribution < 1.29 is 14.6 Å². The van der Waals surface area contributed by atoms with E-state index in [1.807, 2.05) is 30.3 Å². The second kappa shape index (κ2) is 8.29. The summed E-state index contributed by atoms with van der Waals surface area (Å²) in [6.45, 7) is 0. The highest BCUT2D eigenvalue weighted by molar-refractivity contribution is 7.80. The predicted octanol–water partition coefficient (Wildman–Crippen LogP) is 4.58. The van der Waals surface area contributed by atoms with E-state index in [1.165, 1.54) is 6.42 Å². The Kier molecular flexibility index (Phi) is 5.58. The summed E-state index contributed by atoms with van der Waals surface area (Å²) < 4.78 is 11.7. The lowest BCUT2D eigenvalue weighted by molar-refractivity contribution is 0.0320. The Balaban J connectivity index is 1.56. The van der Waals surface area contributed by atoms with E-state index in [-0.39, 0.29) is 11.4 Å². The van der Waals surface area contributed by atoms with Crippen LogP contribution in [0.2, 0.25) is 0 Å². The van der Waals surface area contributed by atoms with Gasteiger partial charge in [-0.2, -0.15) is 5.10 Å². The number of hydrogen-bond acceptors (Lipinski definition) is 5. The van der Waals surface area contributed by atoms with Crippen LogP contribution < -0.4 is 20.2 Å². The van der Waals surface area contributed by atoms with Gasteiger partial charge in [-0.1, -0.05) is 18.6 Å². The molecule has 1 fully saturated rings. The maximum absolute atomic E-state index is 9.95. The van der Waals surface area contributed by atoms with Crippen LogP contribution in [0.5, 0.6) is 17.2 Å². The molecule has 0 atom stereocenters. The molecule has 1 heterocycles. The maximum Gasteiger partial charge on any atom is 0.191 e. The minimum Gasteiger partial charge on any atom is -0.508 e. The van der Waals surface area contributed by atoms with Gasteiger partial charge in [-0.25, -0.2) is 0 Å². The minimum absolute atomic E-state index is 0.189. The van der Waals surface area contributed by atoms with Crippen molar-refractivity contribution in [1.82, 2.24) is 5.43 Å². The first-order chi connectivity index (χ1) is 14.1. The fraction of sp³-hybridized carbons (Fsp3) is 0.364. The molecule has 2 aromatic rings. The molecule has 29 heavy (non-hydrogen) atoms. The minimum atomic E-state index is -0.222. The summed E-state index contributed by atoms with van der Waals surface area (Å²) in [5.74, 6) is 1.65. The van der Waals surface area contributed by atoms with E-state index in [0.717, 1.165) is 48.4 Å². The number of hydrazone groups is 1. The first-order valence-corrected chi connectivity index (χ1v) is 10.3. The Morgan fingerprint density at radius 3 is 2.76 bits per heavy atom. The number of nitrogens with one attached hydrogen (secondary N) is 2. The van der Waals surface area contributed by atoms with Crippen LogP contribution in [-0.4, -0.2) is 28.6 Å². The SMILES string of the molecule is COc1ccccc1NC(=S)N/N=C1/CC2(CCCCC2)Oc2ccc(O)cc21. The normalized spacial score (nSPS) is 18.6. The lowest BCUT2D eigenvalue weighted by Crippen LogP contribution is -2.44. The van der Waals surface area contributed by atoms with Crippen molar-refractivity contribution in [2.24, 2.45) is 5.10 Å². The highest BCUT2D eigenvalue weighted by Gasteiger charge is 2.40. The van der Waals surface area contributed by atoms with Crippen LogP contribution in [0.3, 0.4) is 0 Å². The van der Waals surface area contributed by atoms with E-state index < -0.39 is 0 Å². The average Bonchev–Trinajstić information content (AvgIpc) is 2.73. The van der Waals surface area contributed by atoms with Crippen molar-refractivity contribution in [3.05, 3.63) is 48.0 Å². The fourth-order valence-electron chi connectivity index (χ4n) is 4.09. The summed E-state index contributed by atoms with van der Waals surface area (Å²) in [6.07, 6.45) is 6.26. The zero-order chi connectivity index (χ0) is 20.3. The van der Waals surface area contributed by atoms with Crippen molar-refractivity contribution in [3.63, 3.8) is 0 Å². The van der Waals surface area contributed by atoms with Crippen LogP contribution in [0.15, 0.2) is 47.6 Å². The number of phenols is 1. The van der Waals surface area contributed by atoms with Crippen LogP contribution in [0.25, 0.3) is 0 Å². The molecule has 1 aliphatic heterocycles. The molecule has 0 unspecified atom stereocenters. The summed E-state index contributed by atoms with van der Waals surface area (Å²) in [5, 5.41) is 18.0. The highest BCUT2D eigenvalue weighted by Crippen LogP contribution is 2.42. The summed E-state index contributed by atoms with van der Waals surface area (Å²) >= 11 is 5.42. The quantitative estimate of drug-likeness (QED) is 0.507. The number of anilines is 1. The van der Waals surface area contributed by atoms with E-state index in [0.29, 0.717) is 17.3 Å². The smallest absolute Gasteiger partial charge is 0.191 e. The highest BCUT2D eigenvalue weighted by atomic mass is 32.1. The van der Waals surface area contributed by atoms with Gasteiger partial charge in [0, 0.05) is 12.0 Å². The molecule has 0 amide bonds. The van der Waals surface area contributed by atoms with Gasteiger partial charge in [0.1, 0.15) is 22.8 Å². The molecule has 7 heteroatoms. The number of methoxy groups -OCH3 is 1. The number of thiocarbonyl (C=S) groups is 1. The Bertz CT molecular complexity index is 939. The van der Waals surface area contributed by atoms with Gasteiger partial charge in [-0.05, 0) is 68.2 Å². The van der Waals surface area contributed by atoms with Gasteiger partial charge >= 0.3 is 0 Å². The van der Waals surface area contributed by atoms with E-state index in [9.17, 15) is 5.11 Å². The topological polar surface area (TPSA) is 75.1 Å². The molecule has 1 saturated carbocycles. The van der Waals surface area contributed by atoms with Crippen molar-refractivity contribution in [1.29, 1.82) is 0 Å². The van der Waals surface area contributed by atoms with Gasteiger partial charge in [0.05, 0.1) is 18.5 Å². The molecule has 3 N–H and O–H groups in total. The summed E-state index contributed by atoms with van der Waals surface area (Å²) in [7, 11) is 1.62. The lowest BCUT2D eigenvalue weighted by atomic mass is 9.78. The van der Waals surface area contributed by atoms with Gasteiger partial charge in [0.15, 0.2) is 5.11 Å². The van der Waals surface area contributed by atoms with Crippen LogP contribution in [0.4, 0.5) is 5.69 Å². The van der Waals surface area contributed by atoms with Crippen molar-refractivity contribution in [2.45, 2.75) is 44.1 Å². The number of para-hydroxylation sites is 2. The average molecular weight is 412 g/mol. The molecule has 2 aromatic carbocycles. The molecular formula is C22H25N3O3S. The number of rotatable bonds is 3. The van der Waals surface area contributed by atoms with E-state index >= 15 is 0 Å². The van der Waals surface area contributed by atoms with Gasteiger partial charge < -0.3 is 19.9 Å². The summed E-state index contributed by atoms with van der Waals surface area (Å²) in [4.78, 5) is 0. The van der Waals surface area contributed by atoms with Gasteiger partial charge in [-0.15, -0.1) is 0 Å². The second-order valence-corrected chi connectivity index (χ2v) is 7.94. The molecule has 1 aliphatic carbocycles. The molecule has 0 saturated heterocycles. The second-order valence-electron chi connectivity index (χ2n) is 7.53. The number of nitrogens with zero attached hydrogens (tertiary/aromatic N) is 1. The zero-order valence-electron chi connectivity index (χ0n) is 16.4.